The Labute approximate surface area is 192 Å². The van der Waals surface area contributed by atoms with Crippen LogP contribution in [0.2, 0.25) is 0 Å². The number of aliphatic hydroxyl groups excluding tert-OH is 1. The van der Waals surface area contributed by atoms with Gasteiger partial charge >= 0.3 is 6.18 Å². The third-order valence-electron chi connectivity index (χ3n) is 6.27. The Morgan fingerprint density at radius 3 is 2.25 bits per heavy atom. The van der Waals surface area contributed by atoms with E-state index in [9.17, 15) is 13.2 Å². The zero-order chi connectivity index (χ0) is 22.6. The van der Waals surface area contributed by atoms with Gasteiger partial charge in [-0.15, -0.1) is 11.8 Å². The van der Waals surface area contributed by atoms with Gasteiger partial charge in [0.1, 0.15) is 0 Å². The molecule has 0 saturated carbocycles. The van der Waals surface area contributed by atoms with Crippen LogP contribution < -0.4 is 4.90 Å². The molecule has 2 heterocycles. The van der Waals surface area contributed by atoms with Crippen LogP contribution in [0.5, 0.6) is 0 Å². The number of thioether (sulfide) groups is 1. The highest BCUT2D eigenvalue weighted by molar-refractivity contribution is 7.98. The Kier molecular flexibility index (Phi) is 7.66. The first-order valence-corrected chi connectivity index (χ1v) is 12.1. The molecular formula is C24H30F3N3OS. The second-order valence-electron chi connectivity index (χ2n) is 8.42. The van der Waals surface area contributed by atoms with Crippen molar-refractivity contribution in [2.45, 2.75) is 29.8 Å². The fourth-order valence-electron chi connectivity index (χ4n) is 4.42. The molecule has 1 fully saturated rings. The molecule has 0 bridgehead atoms. The van der Waals surface area contributed by atoms with E-state index in [1.165, 1.54) is 23.3 Å². The Morgan fingerprint density at radius 1 is 0.875 bits per heavy atom. The Morgan fingerprint density at radius 2 is 1.56 bits per heavy atom. The first-order valence-electron chi connectivity index (χ1n) is 11.2. The van der Waals surface area contributed by atoms with E-state index in [0.29, 0.717) is 18.8 Å². The standard InChI is InChI=1S/C24H30F3N3OS/c25-24(26,27)21-6-7-23-22(16-21)30(17-19-4-1-2-5-20(19)18-32-23)9-3-8-28-10-12-29(13-11-28)14-15-31/h1-2,4-7,16,31H,3,8-15,17-18H2. The number of aliphatic hydroxyl groups is 1. The van der Waals surface area contributed by atoms with Gasteiger partial charge in [-0.25, -0.2) is 0 Å². The smallest absolute Gasteiger partial charge is 0.395 e. The molecule has 0 aromatic heterocycles. The quantitative estimate of drug-likeness (QED) is 0.687. The van der Waals surface area contributed by atoms with Gasteiger partial charge in [0.25, 0.3) is 0 Å². The zero-order valence-electron chi connectivity index (χ0n) is 18.2. The number of β-amino-alcohol motifs (C(OH)–C–C–N with tert-alkyl or cyclic N) is 1. The molecule has 32 heavy (non-hydrogen) atoms. The molecule has 2 aromatic carbocycles. The van der Waals surface area contributed by atoms with Crippen LogP contribution in [-0.2, 0) is 18.5 Å². The van der Waals surface area contributed by atoms with Gasteiger partial charge in [-0.3, -0.25) is 4.90 Å². The lowest BCUT2D eigenvalue weighted by atomic mass is 10.1. The zero-order valence-corrected chi connectivity index (χ0v) is 19.0. The second kappa shape index (κ2) is 10.5. The first-order chi connectivity index (χ1) is 15.4. The van der Waals surface area contributed by atoms with Crippen LogP contribution in [0.4, 0.5) is 18.9 Å². The Bertz CT molecular complexity index is 900. The molecule has 1 saturated heterocycles. The molecule has 2 aromatic rings. The van der Waals surface area contributed by atoms with Crippen LogP contribution in [0, 0.1) is 0 Å². The molecule has 0 unspecified atom stereocenters. The van der Waals surface area contributed by atoms with Crippen LogP contribution >= 0.6 is 11.8 Å². The van der Waals surface area contributed by atoms with Gasteiger partial charge in [0, 0.05) is 56.5 Å². The number of anilines is 1. The number of rotatable bonds is 6. The minimum absolute atomic E-state index is 0.188. The summed E-state index contributed by atoms with van der Waals surface area (Å²) in [5.74, 6) is 0.764. The fraction of sp³-hybridized carbons (Fsp3) is 0.500. The van der Waals surface area contributed by atoms with Gasteiger partial charge in [0.15, 0.2) is 0 Å². The van der Waals surface area contributed by atoms with Crippen molar-refractivity contribution in [3.8, 4) is 0 Å². The molecule has 2 aliphatic rings. The van der Waals surface area contributed by atoms with Gasteiger partial charge in [0.2, 0.25) is 0 Å². The maximum atomic E-state index is 13.4. The van der Waals surface area contributed by atoms with Crippen molar-refractivity contribution < 1.29 is 18.3 Å². The van der Waals surface area contributed by atoms with Gasteiger partial charge in [-0.05, 0) is 42.3 Å². The molecule has 1 N–H and O–H groups in total. The number of fused-ring (bicyclic) bond motifs is 2. The molecule has 0 spiro atoms. The summed E-state index contributed by atoms with van der Waals surface area (Å²) >= 11 is 1.61. The van der Waals surface area contributed by atoms with Gasteiger partial charge in [-0.1, -0.05) is 24.3 Å². The number of alkyl halides is 3. The van der Waals surface area contributed by atoms with Gasteiger partial charge in [-0.2, -0.15) is 13.2 Å². The lowest BCUT2D eigenvalue weighted by Gasteiger charge is -2.35. The van der Waals surface area contributed by atoms with E-state index >= 15 is 0 Å². The molecule has 0 aliphatic carbocycles. The van der Waals surface area contributed by atoms with Crippen LogP contribution in [0.25, 0.3) is 0 Å². The highest BCUT2D eigenvalue weighted by atomic mass is 32.2. The predicted octanol–water partition coefficient (Wildman–Crippen LogP) is 4.32. The summed E-state index contributed by atoms with van der Waals surface area (Å²) in [6.07, 6.45) is -3.46. The minimum atomic E-state index is -4.35. The van der Waals surface area contributed by atoms with Gasteiger partial charge < -0.3 is 14.9 Å². The van der Waals surface area contributed by atoms with Crippen molar-refractivity contribution in [1.82, 2.24) is 9.80 Å². The minimum Gasteiger partial charge on any atom is -0.395 e. The number of piperazine rings is 1. The lowest BCUT2D eigenvalue weighted by molar-refractivity contribution is -0.137. The molecule has 0 amide bonds. The van der Waals surface area contributed by atoms with Crippen molar-refractivity contribution in [1.29, 1.82) is 0 Å². The summed E-state index contributed by atoms with van der Waals surface area (Å²) in [5.41, 5.74) is 2.52. The topological polar surface area (TPSA) is 30.0 Å². The summed E-state index contributed by atoms with van der Waals surface area (Å²) < 4.78 is 40.3. The SMILES string of the molecule is OCCN1CCN(CCCN2Cc3ccccc3CSc3ccc(C(F)(F)F)cc32)CC1. The van der Waals surface area contributed by atoms with Crippen molar-refractivity contribution in [2.24, 2.45) is 0 Å². The van der Waals surface area contributed by atoms with Crippen LogP contribution in [0.1, 0.15) is 23.1 Å². The molecule has 174 valence electrons. The normalized spacial score (nSPS) is 18.1. The average molecular weight is 466 g/mol. The molecule has 2 aliphatic heterocycles. The van der Waals surface area contributed by atoms with E-state index in [1.807, 2.05) is 12.1 Å². The van der Waals surface area contributed by atoms with E-state index in [0.717, 1.165) is 56.3 Å². The molecular weight excluding hydrogens is 435 g/mol. The second-order valence-corrected chi connectivity index (χ2v) is 9.44. The monoisotopic (exact) mass is 465 g/mol. The molecule has 4 nitrogen and oxygen atoms in total. The predicted molar refractivity (Wildman–Crippen MR) is 123 cm³/mol. The van der Waals surface area contributed by atoms with E-state index in [-0.39, 0.29) is 6.61 Å². The molecule has 0 radical (unpaired) electrons. The van der Waals surface area contributed by atoms with Crippen molar-refractivity contribution in [3.05, 3.63) is 59.2 Å². The summed E-state index contributed by atoms with van der Waals surface area (Å²) in [6.45, 7) is 6.99. The Hall–Kier alpha value is -1.74. The summed E-state index contributed by atoms with van der Waals surface area (Å²) in [4.78, 5) is 7.70. The maximum Gasteiger partial charge on any atom is 0.416 e. The summed E-state index contributed by atoms with van der Waals surface area (Å²) in [6, 6.07) is 12.4. The highest BCUT2D eigenvalue weighted by Crippen LogP contribution is 2.40. The van der Waals surface area contributed by atoms with Crippen LogP contribution in [0.15, 0.2) is 47.4 Å². The Balaban J connectivity index is 1.48. The van der Waals surface area contributed by atoms with Crippen LogP contribution in [0.3, 0.4) is 0 Å². The molecule has 0 atom stereocenters. The maximum absolute atomic E-state index is 13.4. The number of hydrogen-bond donors (Lipinski definition) is 1. The van der Waals surface area contributed by atoms with E-state index < -0.39 is 11.7 Å². The van der Waals surface area contributed by atoms with E-state index in [4.69, 9.17) is 5.11 Å². The largest absolute Gasteiger partial charge is 0.416 e. The first kappa shape index (κ1) is 23.4. The van der Waals surface area contributed by atoms with E-state index in [1.54, 1.807) is 17.8 Å². The third-order valence-corrected chi connectivity index (χ3v) is 7.38. The van der Waals surface area contributed by atoms with Crippen molar-refractivity contribution >= 4 is 17.4 Å². The van der Waals surface area contributed by atoms with Crippen LogP contribution in [-0.4, -0.2) is 67.3 Å². The van der Waals surface area contributed by atoms with Crippen molar-refractivity contribution in [3.63, 3.8) is 0 Å². The van der Waals surface area contributed by atoms with Crippen molar-refractivity contribution in [2.75, 3.05) is 57.3 Å². The average Bonchev–Trinajstić information content (AvgIpc) is 2.77. The molecule has 8 heteroatoms. The third kappa shape index (κ3) is 5.78. The summed E-state index contributed by atoms with van der Waals surface area (Å²) in [7, 11) is 0. The fourth-order valence-corrected chi connectivity index (χ4v) is 5.52. The highest BCUT2D eigenvalue weighted by Gasteiger charge is 2.32. The number of benzene rings is 2. The van der Waals surface area contributed by atoms with E-state index in [2.05, 4.69) is 26.8 Å². The number of hydrogen-bond acceptors (Lipinski definition) is 5. The number of nitrogens with zero attached hydrogens (tertiary/aromatic N) is 3. The summed E-state index contributed by atoms with van der Waals surface area (Å²) in [5, 5.41) is 9.10. The lowest BCUT2D eigenvalue weighted by Crippen LogP contribution is -2.47. The molecule has 4 rings (SSSR count). The number of halogens is 3. The van der Waals surface area contributed by atoms with Gasteiger partial charge in [0.05, 0.1) is 17.9 Å².